The summed E-state index contributed by atoms with van der Waals surface area (Å²) in [7, 11) is 0. The Kier molecular flexibility index (Phi) is 4.02. The molecule has 6 nitrogen and oxygen atoms in total. The fraction of sp³-hybridized carbons (Fsp3) is 0.278. The lowest BCUT2D eigenvalue weighted by Gasteiger charge is -2.29. The van der Waals surface area contributed by atoms with Gasteiger partial charge in [-0.15, -0.1) is 0 Å². The van der Waals surface area contributed by atoms with Gasteiger partial charge in [0.25, 0.3) is 0 Å². The van der Waals surface area contributed by atoms with Crippen LogP contribution >= 0.6 is 0 Å². The Bertz CT molecular complexity index is 952. The van der Waals surface area contributed by atoms with Gasteiger partial charge in [0.1, 0.15) is 17.5 Å². The maximum absolute atomic E-state index is 13.6. The third-order valence-electron chi connectivity index (χ3n) is 4.66. The maximum Gasteiger partial charge on any atom is 0.245 e. The second kappa shape index (κ2) is 6.36. The molecular weight excluding hydrogens is 342 g/mol. The van der Waals surface area contributed by atoms with Crippen LogP contribution in [-0.4, -0.2) is 32.1 Å². The zero-order valence-corrected chi connectivity index (χ0v) is 14.0. The Morgan fingerprint density at radius 3 is 2.88 bits per heavy atom. The summed E-state index contributed by atoms with van der Waals surface area (Å²) >= 11 is 0. The highest BCUT2D eigenvalue weighted by atomic mass is 19.2. The van der Waals surface area contributed by atoms with Crippen molar-refractivity contribution in [3.63, 3.8) is 0 Å². The molecule has 0 saturated heterocycles. The third kappa shape index (κ3) is 2.77. The zero-order chi connectivity index (χ0) is 18.3. The van der Waals surface area contributed by atoms with Gasteiger partial charge in [-0.05, 0) is 25.1 Å². The molecule has 1 atom stereocenters. The maximum atomic E-state index is 13.6. The van der Waals surface area contributed by atoms with Crippen LogP contribution in [0.15, 0.2) is 41.4 Å². The number of imidazole rings is 1. The molecule has 134 valence electrons. The van der Waals surface area contributed by atoms with E-state index >= 15 is 0 Å². The molecular formula is C18H16F2N4O2. The van der Waals surface area contributed by atoms with E-state index in [1.807, 2.05) is 6.92 Å². The molecule has 26 heavy (non-hydrogen) atoms. The molecule has 2 aromatic heterocycles. The van der Waals surface area contributed by atoms with E-state index in [1.54, 1.807) is 28.2 Å². The number of fused-ring (bicyclic) bond motifs is 1. The quantitative estimate of drug-likeness (QED) is 0.722. The lowest BCUT2D eigenvalue weighted by Crippen LogP contribution is -2.39. The molecule has 8 heteroatoms. The van der Waals surface area contributed by atoms with Gasteiger partial charge in [0.2, 0.25) is 5.91 Å². The predicted molar refractivity (Wildman–Crippen MR) is 87.9 cm³/mol. The van der Waals surface area contributed by atoms with Crippen molar-refractivity contribution in [3.05, 3.63) is 59.9 Å². The van der Waals surface area contributed by atoms with Gasteiger partial charge < -0.3 is 14.0 Å². The molecule has 0 radical (unpaired) electrons. The zero-order valence-electron chi connectivity index (χ0n) is 14.0. The van der Waals surface area contributed by atoms with E-state index in [4.69, 9.17) is 4.52 Å². The molecule has 0 N–H and O–H groups in total. The summed E-state index contributed by atoms with van der Waals surface area (Å²) in [5.74, 6) is -1.25. The van der Waals surface area contributed by atoms with E-state index in [1.165, 1.54) is 6.07 Å². The Labute approximate surface area is 148 Å². The smallest absolute Gasteiger partial charge is 0.245 e. The first-order valence-corrected chi connectivity index (χ1v) is 8.23. The molecule has 1 aliphatic rings. The summed E-state index contributed by atoms with van der Waals surface area (Å²) in [5, 5.41) is 4.01. The van der Waals surface area contributed by atoms with Crippen molar-refractivity contribution in [1.29, 1.82) is 0 Å². The van der Waals surface area contributed by atoms with Crippen molar-refractivity contribution in [2.45, 2.75) is 25.9 Å². The van der Waals surface area contributed by atoms with Crippen LogP contribution in [0, 0.1) is 11.6 Å². The molecule has 1 amide bonds. The Morgan fingerprint density at radius 1 is 1.31 bits per heavy atom. The van der Waals surface area contributed by atoms with Gasteiger partial charge in [0.05, 0.1) is 12.9 Å². The number of aromatic nitrogens is 3. The van der Waals surface area contributed by atoms with E-state index in [2.05, 4.69) is 10.1 Å². The number of hydrogen-bond donors (Lipinski definition) is 0. The summed E-state index contributed by atoms with van der Waals surface area (Å²) in [5.41, 5.74) is 1.59. The molecule has 0 fully saturated rings. The SMILES string of the molecule is C[C@H](C(=O)N1CCc2onc(-c3ccc(F)c(F)c3)c2C1)n1ccnc1. The highest BCUT2D eigenvalue weighted by Gasteiger charge is 2.30. The summed E-state index contributed by atoms with van der Waals surface area (Å²) in [6.45, 7) is 2.63. The molecule has 1 aromatic carbocycles. The van der Waals surface area contributed by atoms with E-state index in [9.17, 15) is 13.6 Å². The fourth-order valence-electron chi connectivity index (χ4n) is 3.16. The minimum Gasteiger partial charge on any atom is -0.360 e. The number of halogens is 2. The first-order chi connectivity index (χ1) is 12.5. The number of carbonyl (C=O) groups excluding carboxylic acids is 1. The van der Waals surface area contributed by atoms with E-state index in [0.29, 0.717) is 36.5 Å². The van der Waals surface area contributed by atoms with Crippen LogP contribution in [0.4, 0.5) is 8.78 Å². The topological polar surface area (TPSA) is 64.2 Å². The number of nitrogens with zero attached hydrogens (tertiary/aromatic N) is 4. The summed E-state index contributed by atoms with van der Waals surface area (Å²) in [6, 6.07) is 3.21. The van der Waals surface area contributed by atoms with Crippen LogP contribution in [0.1, 0.15) is 24.3 Å². The van der Waals surface area contributed by atoms with Gasteiger partial charge in [-0.1, -0.05) is 5.16 Å². The third-order valence-corrected chi connectivity index (χ3v) is 4.66. The largest absolute Gasteiger partial charge is 0.360 e. The normalized spacial score (nSPS) is 15.0. The molecule has 0 aliphatic carbocycles. The molecule has 1 aliphatic heterocycles. The lowest BCUT2D eigenvalue weighted by atomic mass is 10.0. The van der Waals surface area contributed by atoms with Gasteiger partial charge in [0.15, 0.2) is 11.6 Å². The van der Waals surface area contributed by atoms with Crippen molar-refractivity contribution in [3.8, 4) is 11.3 Å². The second-order valence-electron chi connectivity index (χ2n) is 6.26. The van der Waals surface area contributed by atoms with Crippen LogP contribution in [0.5, 0.6) is 0 Å². The minimum atomic E-state index is -0.947. The molecule has 0 saturated carbocycles. The standard InChI is InChI=1S/C18H16F2N4O2/c1-11(24-7-5-21-10-24)18(25)23-6-4-16-13(9-23)17(22-26-16)12-2-3-14(19)15(20)8-12/h2-3,5,7-8,10-11H,4,6,9H2,1H3/t11-/m1/s1. The monoisotopic (exact) mass is 358 g/mol. The van der Waals surface area contributed by atoms with E-state index in [-0.39, 0.29) is 11.9 Å². The van der Waals surface area contributed by atoms with Crippen LogP contribution < -0.4 is 0 Å². The number of benzene rings is 1. The molecule has 0 bridgehead atoms. The first-order valence-electron chi connectivity index (χ1n) is 8.23. The molecule has 3 aromatic rings. The first kappa shape index (κ1) is 16.4. The summed E-state index contributed by atoms with van der Waals surface area (Å²) in [6.07, 6.45) is 5.49. The van der Waals surface area contributed by atoms with Crippen molar-refractivity contribution in [2.75, 3.05) is 6.54 Å². The number of carbonyl (C=O) groups is 1. The molecule has 3 heterocycles. The summed E-state index contributed by atoms with van der Waals surface area (Å²) in [4.78, 5) is 18.5. The molecule has 4 rings (SSSR count). The fourth-order valence-corrected chi connectivity index (χ4v) is 3.16. The van der Waals surface area contributed by atoms with Gasteiger partial charge >= 0.3 is 0 Å². The minimum absolute atomic E-state index is 0.0499. The number of amides is 1. The van der Waals surface area contributed by atoms with E-state index in [0.717, 1.165) is 17.7 Å². The lowest BCUT2D eigenvalue weighted by molar-refractivity contribution is -0.135. The van der Waals surface area contributed by atoms with Crippen molar-refractivity contribution < 1.29 is 18.1 Å². The van der Waals surface area contributed by atoms with Crippen molar-refractivity contribution in [2.24, 2.45) is 0 Å². The van der Waals surface area contributed by atoms with Crippen LogP contribution in [0.2, 0.25) is 0 Å². The van der Waals surface area contributed by atoms with Gasteiger partial charge in [-0.2, -0.15) is 0 Å². The highest BCUT2D eigenvalue weighted by molar-refractivity contribution is 5.80. The molecule has 0 spiro atoms. The van der Waals surface area contributed by atoms with Gasteiger partial charge in [-0.25, -0.2) is 13.8 Å². The second-order valence-corrected chi connectivity index (χ2v) is 6.26. The van der Waals surface area contributed by atoms with Crippen LogP contribution in [0.3, 0.4) is 0 Å². The van der Waals surface area contributed by atoms with Crippen molar-refractivity contribution >= 4 is 5.91 Å². The van der Waals surface area contributed by atoms with Crippen molar-refractivity contribution in [1.82, 2.24) is 19.6 Å². The highest BCUT2D eigenvalue weighted by Crippen LogP contribution is 2.31. The van der Waals surface area contributed by atoms with Crippen LogP contribution in [-0.2, 0) is 17.8 Å². The number of hydrogen-bond acceptors (Lipinski definition) is 4. The predicted octanol–water partition coefficient (Wildman–Crippen LogP) is 2.96. The van der Waals surface area contributed by atoms with Crippen LogP contribution in [0.25, 0.3) is 11.3 Å². The average Bonchev–Trinajstić information content (AvgIpc) is 3.32. The Hall–Kier alpha value is -3.03. The molecule has 0 unspecified atom stereocenters. The Morgan fingerprint density at radius 2 is 2.15 bits per heavy atom. The number of rotatable bonds is 3. The van der Waals surface area contributed by atoms with Gasteiger partial charge in [-0.3, -0.25) is 4.79 Å². The average molecular weight is 358 g/mol. The Balaban J connectivity index is 1.61. The van der Waals surface area contributed by atoms with Gasteiger partial charge in [0, 0.05) is 36.5 Å². The summed E-state index contributed by atoms with van der Waals surface area (Å²) < 4.78 is 33.8. The van der Waals surface area contributed by atoms with E-state index < -0.39 is 11.6 Å².